The molecule has 20 heavy (non-hydrogen) atoms. The highest BCUT2D eigenvalue weighted by molar-refractivity contribution is 7.33. The summed E-state index contributed by atoms with van der Waals surface area (Å²) in [6.07, 6.45) is -1.60. The molecule has 2 unspecified atom stereocenters. The van der Waals surface area contributed by atoms with Crippen molar-refractivity contribution in [1.82, 2.24) is 0 Å². The van der Waals surface area contributed by atoms with Crippen LogP contribution >= 0.6 is 8.25 Å². The van der Waals surface area contributed by atoms with Gasteiger partial charge in [0.1, 0.15) is 12.5 Å². The van der Waals surface area contributed by atoms with Crippen LogP contribution in [0.2, 0.25) is 0 Å². The molecule has 2 atom stereocenters. The predicted octanol–water partition coefficient (Wildman–Crippen LogP) is 2.72. The molecule has 106 valence electrons. The second-order valence-electron chi connectivity index (χ2n) is 4.15. The molecular weight excluding hydrogens is 275 g/mol. The lowest BCUT2D eigenvalue weighted by Crippen LogP contribution is -2.14. The first-order chi connectivity index (χ1) is 9.66. The largest absolute Gasteiger partial charge is 0.322 e. The van der Waals surface area contributed by atoms with Gasteiger partial charge in [-0.1, -0.05) is 60.7 Å². The van der Waals surface area contributed by atoms with Gasteiger partial charge in [-0.05, 0) is 11.1 Å². The van der Waals surface area contributed by atoms with Crippen LogP contribution in [0.25, 0.3) is 0 Å². The highest BCUT2D eigenvalue weighted by atomic mass is 31.1. The van der Waals surface area contributed by atoms with Crippen molar-refractivity contribution >= 4 is 8.25 Å². The third-order valence-electron chi connectivity index (χ3n) is 2.70. The zero-order chi connectivity index (χ0) is 14.4. The topological polar surface area (TPSA) is 87.6 Å². The van der Waals surface area contributed by atoms with Crippen molar-refractivity contribution in [2.75, 3.05) is 0 Å². The van der Waals surface area contributed by atoms with Gasteiger partial charge in [-0.3, -0.25) is 13.6 Å². The summed E-state index contributed by atoms with van der Waals surface area (Å²) in [6.45, 7) is 0. The second kappa shape index (κ2) is 7.33. The Kier molecular flexibility index (Phi) is 5.47. The van der Waals surface area contributed by atoms with Crippen molar-refractivity contribution in [3.63, 3.8) is 0 Å². The fourth-order valence-electron chi connectivity index (χ4n) is 1.66. The van der Waals surface area contributed by atoms with Gasteiger partial charge in [-0.15, -0.1) is 0 Å². The summed E-state index contributed by atoms with van der Waals surface area (Å²) in [4.78, 5) is 0. The van der Waals surface area contributed by atoms with E-state index < -0.39 is 20.7 Å². The Labute approximate surface area is 118 Å². The van der Waals surface area contributed by atoms with Crippen LogP contribution < -0.4 is 11.5 Å². The van der Waals surface area contributed by atoms with E-state index in [1.165, 1.54) is 0 Å². The Morgan fingerprint density at radius 1 is 0.750 bits per heavy atom. The molecule has 0 bridgehead atoms. The Morgan fingerprint density at radius 3 is 1.45 bits per heavy atom. The fourth-order valence-corrected chi connectivity index (χ4v) is 2.40. The first kappa shape index (κ1) is 14.9. The summed E-state index contributed by atoms with van der Waals surface area (Å²) in [7, 11) is -2.78. The molecule has 6 heteroatoms. The molecule has 0 amide bonds. The third kappa shape index (κ3) is 4.27. The molecule has 0 aliphatic heterocycles. The number of benzene rings is 2. The maximum absolute atomic E-state index is 11.8. The Morgan fingerprint density at radius 2 is 1.10 bits per heavy atom. The summed E-state index contributed by atoms with van der Waals surface area (Å²) in [6, 6.07) is 18.2. The number of hydrogen-bond donors (Lipinski definition) is 2. The van der Waals surface area contributed by atoms with Crippen LogP contribution in [0.4, 0.5) is 0 Å². The van der Waals surface area contributed by atoms with E-state index in [1.807, 2.05) is 36.4 Å². The van der Waals surface area contributed by atoms with E-state index in [4.69, 9.17) is 20.5 Å². The van der Waals surface area contributed by atoms with E-state index in [0.717, 1.165) is 11.1 Å². The molecule has 2 aromatic rings. The zero-order valence-corrected chi connectivity index (χ0v) is 11.8. The number of rotatable bonds is 6. The van der Waals surface area contributed by atoms with Crippen molar-refractivity contribution in [1.29, 1.82) is 0 Å². The van der Waals surface area contributed by atoms with Crippen LogP contribution in [-0.4, -0.2) is 0 Å². The van der Waals surface area contributed by atoms with Gasteiger partial charge in [0.15, 0.2) is 0 Å². The van der Waals surface area contributed by atoms with Gasteiger partial charge in [-0.25, -0.2) is 0 Å². The lowest BCUT2D eigenvalue weighted by molar-refractivity contribution is 0.135. The molecule has 5 nitrogen and oxygen atoms in total. The highest BCUT2D eigenvalue weighted by Gasteiger charge is 2.14. The number of nitrogens with two attached hydrogens (primary N) is 2. The van der Waals surface area contributed by atoms with E-state index >= 15 is 0 Å². The molecule has 0 spiro atoms. The maximum Gasteiger partial charge on any atom is 0.322 e. The lowest BCUT2D eigenvalue weighted by Gasteiger charge is -2.16. The maximum atomic E-state index is 11.8. The molecule has 4 N–H and O–H groups in total. The molecule has 0 saturated heterocycles. The predicted molar refractivity (Wildman–Crippen MR) is 77.9 cm³/mol. The molecule has 0 radical (unpaired) electrons. The summed E-state index contributed by atoms with van der Waals surface area (Å²) in [5.74, 6) is 0. The van der Waals surface area contributed by atoms with Gasteiger partial charge >= 0.3 is 8.25 Å². The third-order valence-corrected chi connectivity index (χ3v) is 3.60. The Balaban J connectivity index is 1.90. The van der Waals surface area contributed by atoms with Crippen LogP contribution in [0, 0.1) is 0 Å². The standard InChI is InChI=1S/C14H17N2O3P/c15-13(11-7-3-1-4-8-11)18-20(17)19-14(16)12-9-5-2-6-10-12/h1-10,13-14,20H,15-16H2. The van der Waals surface area contributed by atoms with E-state index in [-0.39, 0.29) is 0 Å². The van der Waals surface area contributed by atoms with E-state index in [0.29, 0.717) is 0 Å². The van der Waals surface area contributed by atoms with Crippen LogP contribution in [0.3, 0.4) is 0 Å². The van der Waals surface area contributed by atoms with Gasteiger partial charge in [0, 0.05) is 0 Å². The van der Waals surface area contributed by atoms with Gasteiger partial charge in [-0.2, -0.15) is 0 Å². The van der Waals surface area contributed by atoms with Crippen LogP contribution in [0.1, 0.15) is 23.6 Å². The van der Waals surface area contributed by atoms with Crippen LogP contribution in [-0.2, 0) is 13.6 Å². The first-order valence-electron chi connectivity index (χ1n) is 6.15. The molecule has 0 fully saturated rings. The molecule has 2 aromatic carbocycles. The smallest absolute Gasteiger partial charge is 0.302 e. The van der Waals surface area contributed by atoms with Crippen molar-refractivity contribution in [3.8, 4) is 0 Å². The van der Waals surface area contributed by atoms with E-state index in [2.05, 4.69) is 0 Å². The van der Waals surface area contributed by atoms with Gasteiger partial charge in [0.2, 0.25) is 0 Å². The van der Waals surface area contributed by atoms with Crippen molar-refractivity contribution < 1.29 is 13.6 Å². The molecule has 0 saturated carbocycles. The first-order valence-corrected chi connectivity index (χ1v) is 7.37. The lowest BCUT2D eigenvalue weighted by atomic mass is 10.2. The Hall–Kier alpha value is -1.49. The van der Waals surface area contributed by atoms with Crippen molar-refractivity contribution in [2.45, 2.75) is 12.5 Å². The second-order valence-corrected chi connectivity index (χ2v) is 5.12. The monoisotopic (exact) mass is 292 g/mol. The molecule has 0 aliphatic carbocycles. The molecule has 0 heterocycles. The molecule has 0 aliphatic rings. The quantitative estimate of drug-likeness (QED) is 0.631. The summed E-state index contributed by atoms with van der Waals surface area (Å²) >= 11 is 0. The van der Waals surface area contributed by atoms with Crippen LogP contribution in [0.5, 0.6) is 0 Å². The SMILES string of the molecule is NC(O[PH](=O)OC(N)c1ccccc1)c1ccccc1. The summed E-state index contributed by atoms with van der Waals surface area (Å²) in [5, 5.41) is 0. The van der Waals surface area contributed by atoms with Crippen LogP contribution in [0.15, 0.2) is 60.7 Å². The molecule has 2 rings (SSSR count). The minimum absolute atomic E-state index is 0.725. The van der Waals surface area contributed by atoms with Gasteiger partial charge in [0.05, 0.1) is 0 Å². The summed E-state index contributed by atoms with van der Waals surface area (Å²) < 4.78 is 22.1. The Bertz CT molecular complexity index is 501. The fraction of sp³-hybridized carbons (Fsp3) is 0.143. The summed E-state index contributed by atoms with van der Waals surface area (Å²) in [5.41, 5.74) is 13.0. The minimum Gasteiger partial charge on any atom is -0.302 e. The zero-order valence-electron chi connectivity index (χ0n) is 10.8. The highest BCUT2D eigenvalue weighted by Crippen LogP contribution is 2.34. The van der Waals surface area contributed by atoms with E-state index in [9.17, 15) is 4.57 Å². The normalized spacial score (nSPS) is 15.5. The number of hydrogen-bond acceptors (Lipinski definition) is 5. The molecule has 0 aromatic heterocycles. The van der Waals surface area contributed by atoms with E-state index in [1.54, 1.807) is 24.3 Å². The molecular formula is C14H17N2O3P. The minimum atomic E-state index is -2.78. The average molecular weight is 292 g/mol. The van der Waals surface area contributed by atoms with Crippen molar-refractivity contribution in [3.05, 3.63) is 71.8 Å². The van der Waals surface area contributed by atoms with Crippen molar-refractivity contribution in [2.24, 2.45) is 11.5 Å². The van der Waals surface area contributed by atoms with Gasteiger partial charge < -0.3 is 11.5 Å². The van der Waals surface area contributed by atoms with Gasteiger partial charge in [0.25, 0.3) is 0 Å². The average Bonchev–Trinajstić information content (AvgIpc) is 2.49.